The monoisotopic (exact) mass is 259 g/mol. The minimum atomic E-state index is -0.335. The van der Waals surface area contributed by atoms with E-state index in [2.05, 4.69) is 10.2 Å². The van der Waals surface area contributed by atoms with Gasteiger partial charge in [0.2, 0.25) is 0 Å². The Balaban J connectivity index is 1.82. The number of hydrogen-bond acceptors (Lipinski definition) is 3. The molecule has 1 N–H and O–H groups in total. The largest absolute Gasteiger partial charge is 0.371 e. The van der Waals surface area contributed by atoms with Gasteiger partial charge in [0.15, 0.2) is 0 Å². The lowest BCUT2D eigenvalue weighted by molar-refractivity contribution is 0.354. The highest BCUT2D eigenvalue weighted by molar-refractivity contribution is 5.52. The number of fused-ring (bicyclic) bond motifs is 2. The maximum absolute atomic E-state index is 13.5. The summed E-state index contributed by atoms with van der Waals surface area (Å²) in [4.78, 5) is 2.13. The topological polar surface area (TPSA) is 39.1 Å². The number of hydrogen-bond donors (Lipinski definition) is 1. The molecule has 100 valence electrons. The predicted molar refractivity (Wildman–Crippen MR) is 72.5 cm³/mol. The van der Waals surface area contributed by atoms with Crippen molar-refractivity contribution < 1.29 is 4.39 Å². The van der Waals surface area contributed by atoms with Crippen LogP contribution in [0, 0.1) is 17.1 Å². The average Bonchev–Trinajstić information content (AvgIpc) is 2.75. The smallest absolute Gasteiger partial charge is 0.126 e. The standard InChI is InChI=1S/C15H18FN3/c1-19(14-5-10(9-17)4-11(16)6-14)15-7-12-2-3-13(8-15)18-12/h4-6,12-13,15,18H,2-3,7-8H2,1H3. The van der Waals surface area contributed by atoms with Crippen molar-refractivity contribution in [3.05, 3.63) is 29.6 Å². The molecule has 2 aliphatic heterocycles. The third-order valence-corrected chi connectivity index (χ3v) is 4.41. The molecular formula is C15H18FN3. The summed E-state index contributed by atoms with van der Waals surface area (Å²) in [6.45, 7) is 0. The van der Waals surface area contributed by atoms with Gasteiger partial charge in [0.05, 0.1) is 11.6 Å². The molecule has 0 amide bonds. The first-order valence-electron chi connectivity index (χ1n) is 6.85. The molecule has 1 aromatic carbocycles. The molecule has 3 nitrogen and oxygen atoms in total. The van der Waals surface area contributed by atoms with Crippen LogP contribution in [0.15, 0.2) is 18.2 Å². The van der Waals surface area contributed by atoms with Crippen molar-refractivity contribution in [3.8, 4) is 6.07 Å². The Bertz CT molecular complexity index is 511. The molecule has 0 aliphatic carbocycles. The highest BCUT2D eigenvalue weighted by atomic mass is 19.1. The molecule has 2 aliphatic rings. The summed E-state index contributed by atoms with van der Waals surface area (Å²) in [7, 11) is 2.01. The fourth-order valence-electron chi connectivity index (χ4n) is 3.40. The second kappa shape index (κ2) is 4.82. The van der Waals surface area contributed by atoms with Gasteiger partial charge in [0.1, 0.15) is 5.82 Å². The number of rotatable bonds is 2. The number of anilines is 1. The van der Waals surface area contributed by atoms with Crippen molar-refractivity contribution in [2.75, 3.05) is 11.9 Å². The van der Waals surface area contributed by atoms with Gasteiger partial charge in [-0.2, -0.15) is 5.26 Å². The van der Waals surface area contributed by atoms with Gasteiger partial charge >= 0.3 is 0 Å². The molecule has 3 rings (SSSR count). The molecule has 0 saturated carbocycles. The Morgan fingerprint density at radius 2 is 1.95 bits per heavy atom. The molecule has 2 atom stereocenters. The van der Waals surface area contributed by atoms with Crippen molar-refractivity contribution in [1.82, 2.24) is 5.32 Å². The number of halogens is 1. The van der Waals surface area contributed by atoms with Crippen LogP contribution in [0.3, 0.4) is 0 Å². The fourth-order valence-corrected chi connectivity index (χ4v) is 3.40. The van der Waals surface area contributed by atoms with E-state index in [9.17, 15) is 4.39 Å². The Kier molecular flexibility index (Phi) is 3.16. The molecule has 2 unspecified atom stereocenters. The summed E-state index contributed by atoms with van der Waals surface area (Å²) in [5.41, 5.74) is 1.20. The second-order valence-electron chi connectivity index (χ2n) is 5.68. The van der Waals surface area contributed by atoms with Crippen LogP contribution in [0.4, 0.5) is 10.1 Å². The van der Waals surface area contributed by atoms with Gasteiger partial charge in [-0.05, 0) is 43.9 Å². The summed E-state index contributed by atoms with van der Waals surface area (Å²) in [5, 5.41) is 12.5. The van der Waals surface area contributed by atoms with Crippen LogP contribution in [0.5, 0.6) is 0 Å². The van der Waals surface area contributed by atoms with Crippen LogP contribution in [0.2, 0.25) is 0 Å². The van der Waals surface area contributed by atoms with Crippen LogP contribution in [0.25, 0.3) is 0 Å². The van der Waals surface area contributed by atoms with Crippen LogP contribution >= 0.6 is 0 Å². The molecule has 0 radical (unpaired) electrons. The minimum absolute atomic E-state index is 0.335. The molecule has 2 heterocycles. The fraction of sp³-hybridized carbons (Fsp3) is 0.533. The molecule has 2 saturated heterocycles. The lowest BCUT2D eigenvalue weighted by atomic mass is 9.98. The molecule has 1 aromatic rings. The maximum atomic E-state index is 13.5. The zero-order valence-electron chi connectivity index (χ0n) is 11.1. The second-order valence-corrected chi connectivity index (χ2v) is 5.68. The molecule has 0 aromatic heterocycles. The SMILES string of the molecule is CN(c1cc(F)cc(C#N)c1)C1CC2CCC(C1)N2. The van der Waals surface area contributed by atoms with Crippen LogP contribution in [-0.2, 0) is 0 Å². The third kappa shape index (κ3) is 2.43. The van der Waals surface area contributed by atoms with E-state index in [0.717, 1.165) is 18.5 Å². The van der Waals surface area contributed by atoms with Crippen molar-refractivity contribution >= 4 is 5.69 Å². The average molecular weight is 259 g/mol. The zero-order chi connectivity index (χ0) is 13.4. The molecule has 2 fully saturated rings. The van der Waals surface area contributed by atoms with E-state index in [-0.39, 0.29) is 5.82 Å². The Morgan fingerprint density at radius 1 is 1.26 bits per heavy atom. The number of benzene rings is 1. The van der Waals surface area contributed by atoms with Crippen molar-refractivity contribution in [2.24, 2.45) is 0 Å². The first kappa shape index (κ1) is 12.4. The van der Waals surface area contributed by atoms with Crippen molar-refractivity contribution in [3.63, 3.8) is 0 Å². The number of piperidine rings is 1. The van der Waals surface area contributed by atoms with E-state index in [0.29, 0.717) is 23.7 Å². The third-order valence-electron chi connectivity index (χ3n) is 4.41. The van der Waals surface area contributed by atoms with E-state index >= 15 is 0 Å². The summed E-state index contributed by atoms with van der Waals surface area (Å²) in [5.74, 6) is -0.335. The van der Waals surface area contributed by atoms with Crippen molar-refractivity contribution in [1.29, 1.82) is 5.26 Å². The first-order chi connectivity index (χ1) is 9.15. The van der Waals surface area contributed by atoms with E-state index < -0.39 is 0 Å². The molecule has 19 heavy (non-hydrogen) atoms. The molecular weight excluding hydrogens is 241 g/mol. The Hall–Kier alpha value is -1.60. The lowest BCUT2D eigenvalue weighted by Crippen LogP contribution is -2.47. The number of nitrogens with one attached hydrogen (secondary N) is 1. The Labute approximate surface area is 113 Å². The molecule has 0 spiro atoms. The van der Waals surface area contributed by atoms with Gasteiger partial charge in [0, 0.05) is 30.9 Å². The minimum Gasteiger partial charge on any atom is -0.371 e. The number of nitriles is 1. The first-order valence-corrected chi connectivity index (χ1v) is 6.85. The number of nitrogens with zero attached hydrogens (tertiary/aromatic N) is 2. The maximum Gasteiger partial charge on any atom is 0.126 e. The van der Waals surface area contributed by atoms with E-state index in [1.807, 2.05) is 13.1 Å². The van der Waals surface area contributed by atoms with Crippen LogP contribution in [-0.4, -0.2) is 25.2 Å². The van der Waals surface area contributed by atoms with Gasteiger partial charge in [-0.1, -0.05) is 0 Å². The van der Waals surface area contributed by atoms with Gasteiger partial charge in [-0.25, -0.2) is 4.39 Å². The van der Waals surface area contributed by atoms with Crippen LogP contribution < -0.4 is 10.2 Å². The van der Waals surface area contributed by atoms with E-state index in [1.165, 1.54) is 25.0 Å². The lowest BCUT2D eigenvalue weighted by Gasteiger charge is -2.37. The van der Waals surface area contributed by atoms with Gasteiger partial charge in [-0.15, -0.1) is 0 Å². The highest BCUT2D eigenvalue weighted by Crippen LogP contribution is 2.31. The summed E-state index contributed by atoms with van der Waals surface area (Å²) in [6.07, 6.45) is 4.71. The summed E-state index contributed by atoms with van der Waals surface area (Å²) in [6, 6.07) is 8.24. The molecule has 2 bridgehead atoms. The normalized spacial score (nSPS) is 29.0. The van der Waals surface area contributed by atoms with E-state index in [4.69, 9.17) is 5.26 Å². The van der Waals surface area contributed by atoms with Gasteiger partial charge in [0.25, 0.3) is 0 Å². The predicted octanol–water partition coefficient (Wildman–Crippen LogP) is 2.42. The molecule has 4 heteroatoms. The Morgan fingerprint density at radius 3 is 2.58 bits per heavy atom. The van der Waals surface area contributed by atoms with Crippen molar-refractivity contribution in [2.45, 2.75) is 43.8 Å². The van der Waals surface area contributed by atoms with Crippen LogP contribution in [0.1, 0.15) is 31.2 Å². The van der Waals surface area contributed by atoms with Gasteiger partial charge in [-0.3, -0.25) is 0 Å². The summed E-state index contributed by atoms with van der Waals surface area (Å²) < 4.78 is 13.5. The van der Waals surface area contributed by atoms with E-state index in [1.54, 1.807) is 6.07 Å². The quantitative estimate of drug-likeness (QED) is 0.886. The summed E-state index contributed by atoms with van der Waals surface area (Å²) >= 11 is 0. The van der Waals surface area contributed by atoms with Gasteiger partial charge < -0.3 is 10.2 Å². The highest BCUT2D eigenvalue weighted by Gasteiger charge is 2.35. The zero-order valence-corrected chi connectivity index (χ0v) is 11.1.